The molecule has 1 N–H and O–H groups in total. The number of fused-ring (bicyclic) bond motifs is 1. The fourth-order valence-corrected chi connectivity index (χ4v) is 6.55. The second-order valence-corrected chi connectivity index (χ2v) is 12.5. The molecule has 1 amide bonds. The number of aromatic nitrogens is 5. The van der Waals surface area contributed by atoms with Crippen molar-refractivity contribution in [2.45, 2.75) is 32.4 Å². The molecule has 0 bridgehead atoms. The molecule has 12 heteroatoms. The van der Waals surface area contributed by atoms with E-state index in [1.807, 2.05) is 42.2 Å². The zero-order valence-electron chi connectivity index (χ0n) is 25.3. The summed E-state index contributed by atoms with van der Waals surface area (Å²) in [5.74, 6) is 0.243. The highest BCUT2D eigenvalue weighted by molar-refractivity contribution is 7.13. The lowest BCUT2D eigenvalue weighted by atomic mass is 10.0. The Kier molecular flexibility index (Phi) is 8.09. The molecule has 0 spiro atoms. The van der Waals surface area contributed by atoms with Gasteiger partial charge in [0.25, 0.3) is 5.56 Å². The van der Waals surface area contributed by atoms with Gasteiger partial charge >= 0.3 is 0 Å². The maximum Gasteiger partial charge on any atom is 0.260 e. The number of pyridine rings is 2. The summed E-state index contributed by atoms with van der Waals surface area (Å²) < 4.78 is 7.43. The molecule has 230 valence electrons. The molecule has 0 saturated carbocycles. The van der Waals surface area contributed by atoms with E-state index in [2.05, 4.69) is 32.2 Å². The number of likely N-dealkylation sites (N-methyl/N-ethyl adjacent to an activating group) is 1. The summed E-state index contributed by atoms with van der Waals surface area (Å²) in [4.78, 5) is 50.6. The van der Waals surface area contributed by atoms with Gasteiger partial charge in [-0.25, -0.2) is 4.98 Å². The Bertz CT molecular complexity index is 1900. The van der Waals surface area contributed by atoms with Crippen molar-refractivity contribution >= 4 is 39.9 Å². The van der Waals surface area contributed by atoms with Crippen molar-refractivity contribution in [3.05, 3.63) is 82.0 Å². The highest BCUT2D eigenvalue weighted by Crippen LogP contribution is 2.29. The highest BCUT2D eigenvalue weighted by atomic mass is 32.1. The zero-order chi connectivity index (χ0) is 30.9. The van der Waals surface area contributed by atoms with Crippen LogP contribution in [0, 0.1) is 6.92 Å². The van der Waals surface area contributed by atoms with Crippen LogP contribution in [0.4, 0.5) is 11.6 Å². The van der Waals surface area contributed by atoms with Gasteiger partial charge in [0.2, 0.25) is 11.9 Å². The van der Waals surface area contributed by atoms with E-state index in [4.69, 9.17) is 9.72 Å². The maximum absolute atomic E-state index is 14.1. The highest BCUT2D eigenvalue weighted by Gasteiger charge is 2.23. The molecule has 4 aromatic heterocycles. The number of nitrogens with one attached hydrogen (secondary N) is 1. The number of hydrogen-bond donors (Lipinski definition) is 1. The average molecular weight is 623 g/mol. The molecule has 2 aliphatic rings. The molecule has 5 aromatic rings. The molecule has 45 heavy (non-hydrogen) atoms. The van der Waals surface area contributed by atoms with E-state index >= 15 is 0 Å². The molecule has 1 aromatic carbocycles. The van der Waals surface area contributed by atoms with Crippen molar-refractivity contribution in [1.29, 1.82) is 0 Å². The van der Waals surface area contributed by atoms with E-state index in [0.717, 1.165) is 53.3 Å². The van der Waals surface area contributed by atoms with E-state index < -0.39 is 0 Å². The van der Waals surface area contributed by atoms with Gasteiger partial charge in [-0.1, -0.05) is 12.1 Å². The second kappa shape index (κ2) is 12.5. The van der Waals surface area contributed by atoms with Crippen molar-refractivity contribution in [3.63, 3.8) is 0 Å². The quantitative estimate of drug-likeness (QED) is 0.277. The number of likely N-dealkylation sites (tertiary alicyclic amines) is 1. The Morgan fingerprint density at radius 3 is 2.60 bits per heavy atom. The first-order valence-corrected chi connectivity index (χ1v) is 16.0. The number of nitrogens with zero attached hydrogens (tertiary/aromatic N) is 7. The first-order valence-electron chi connectivity index (χ1n) is 15.1. The number of amides is 1. The van der Waals surface area contributed by atoms with Gasteiger partial charge in [-0.15, -0.1) is 11.3 Å². The van der Waals surface area contributed by atoms with Crippen LogP contribution < -0.4 is 10.9 Å². The SMILES string of the molecule is Cc1cc(-c2cncs2)ncc1-c1cc2cnc(Nc3ccc(C4CN(C)CCO4)cc3)nc2n(CC(=O)N2CCCC2)c1=O. The van der Waals surface area contributed by atoms with Crippen LogP contribution in [0.2, 0.25) is 0 Å². The summed E-state index contributed by atoms with van der Waals surface area (Å²) in [6.07, 6.45) is 7.17. The first kappa shape index (κ1) is 29.2. The molecule has 2 saturated heterocycles. The second-order valence-electron chi connectivity index (χ2n) is 11.6. The van der Waals surface area contributed by atoms with Crippen LogP contribution in [0.25, 0.3) is 32.7 Å². The van der Waals surface area contributed by atoms with Gasteiger partial charge in [-0.05, 0) is 62.2 Å². The monoisotopic (exact) mass is 622 g/mol. The average Bonchev–Trinajstić information content (AvgIpc) is 3.79. The predicted molar refractivity (Wildman–Crippen MR) is 175 cm³/mol. The lowest BCUT2D eigenvalue weighted by molar-refractivity contribution is -0.130. The summed E-state index contributed by atoms with van der Waals surface area (Å²) in [6, 6.07) is 11.8. The molecule has 2 fully saturated rings. The number of morpholine rings is 1. The van der Waals surface area contributed by atoms with Gasteiger partial charge in [0, 0.05) is 67.0 Å². The van der Waals surface area contributed by atoms with Gasteiger partial charge in [-0.3, -0.25) is 24.1 Å². The van der Waals surface area contributed by atoms with E-state index in [0.29, 0.717) is 47.8 Å². The van der Waals surface area contributed by atoms with Crippen LogP contribution in [0.5, 0.6) is 0 Å². The first-order chi connectivity index (χ1) is 21.9. The van der Waals surface area contributed by atoms with Crippen molar-refractivity contribution in [2.75, 3.05) is 45.2 Å². The molecule has 0 aliphatic carbocycles. The largest absolute Gasteiger partial charge is 0.371 e. The number of carbonyl (C=O) groups is 1. The summed E-state index contributed by atoms with van der Waals surface area (Å²) in [6.45, 7) is 5.75. The lowest BCUT2D eigenvalue weighted by Crippen LogP contribution is -2.35. The minimum atomic E-state index is -0.294. The summed E-state index contributed by atoms with van der Waals surface area (Å²) in [7, 11) is 2.10. The number of carbonyl (C=O) groups excluding carboxylic acids is 1. The molecular weight excluding hydrogens is 588 g/mol. The molecule has 1 atom stereocenters. The number of ether oxygens (including phenoxy) is 1. The van der Waals surface area contributed by atoms with Gasteiger partial charge < -0.3 is 19.9 Å². The third-order valence-corrected chi connectivity index (χ3v) is 9.27. The smallest absolute Gasteiger partial charge is 0.260 e. The lowest BCUT2D eigenvalue weighted by Gasteiger charge is -2.30. The number of thiazole rings is 1. The van der Waals surface area contributed by atoms with Crippen LogP contribution in [0.3, 0.4) is 0 Å². The van der Waals surface area contributed by atoms with E-state index in [1.54, 1.807) is 30.2 Å². The molecule has 2 aliphatic heterocycles. The fourth-order valence-electron chi connectivity index (χ4n) is 5.97. The Labute approximate surface area is 264 Å². The molecule has 7 rings (SSSR count). The number of hydrogen-bond acceptors (Lipinski definition) is 10. The topological polar surface area (TPSA) is 118 Å². The Balaban J connectivity index is 1.23. The van der Waals surface area contributed by atoms with Crippen LogP contribution in [-0.2, 0) is 16.1 Å². The van der Waals surface area contributed by atoms with Crippen molar-refractivity contribution < 1.29 is 9.53 Å². The molecular formula is C33H34N8O3S. The molecule has 6 heterocycles. The Hall–Kier alpha value is -4.52. The minimum absolute atomic E-state index is 0.0363. The van der Waals surface area contributed by atoms with Crippen LogP contribution >= 0.6 is 11.3 Å². The standard InChI is InChI=1S/C33H34N8O3S/c1-21-13-27(29-17-34-20-45-29)35-16-26(21)25-14-23-15-36-33(37-24-7-5-22(6-8-24)28-18-39(2)11-12-44-28)38-31(23)41(32(25)43)19-30(42)40-9-3-4-10-40/h5-8,13-17,20,28H,3-4,9-12,18-19H2,1-2H3,(H,36,37,38). The molecule has 0 radical (unpaired) electrons. The summed E-state index contributed by atoms with van der Waals surface area (Å²) in [5.41, 5.74) is 6.64. The van der Waals surface area contributed by atoms with Gasteiger partial charge in [-0.2, -0.15) is 4.98 Å². The van der Waals surface area contributed by atoms with Gasteiger partial charge in [0.1, 0.15) is 12.2 Å². The predicted octanol–water partition coefficient (Wildman–Crippen LogP) is 4.65. The normalized spacial score (nSPS) is 17.2. The van der Waals surface area contributed by atoms with Crippen LogP contribution in [0.15, 0.2) is 65.3 Å². The molecule has 1 unspecified atom stereocenters. The van der Waals surface area contributed by atoms with Crippen LogP contribution in [0.1, 0.15) is 30.1 Å². The maximum atomic E-state index is 14.1. The fraction of sp³-hybridized carbons (Fsp3) is 0.333. The zero-order valence-corrected chi connectivity index (χ0v) is 26.1. The molecule has 11 nitrogen and oxygen atoms in total. The number of benzene rings is 1. The van der Waals surface area contributed by atoms with Crippen molar-refractivity contribution in [3.8, 4) is 21.7 Å². The van der Waals surface area contributed by atoms with E-state index in [-0.39, 0.29) is 24.1 Å². The third kappa shape index (κ3) is 6.08. The van der Waals surface area contributed by atoms with E-state index in [1.165, 1.54) is 15.9 Å². The van der Waals surface area contributed by atoms with Gasteiger partial charge in [0.05, 0.1) is 28.8 Å². The number of anilines is 2. The minimum Gasteiger partial charge on any atom is -0.371 e. The number of rotatable bonds is 7. The number of aryl methyl sites for hydroxylation is 1. The summed E-state index contributed by atoms with van der Waals surface area (Å²) >= 11 is 1.51. The third-order valence-electron chi connectivity index (χ3n) is 8.47. The van der Waals surface area contributed by atoms with Gasteiger partial charge in [0.15, 0.2) is 0 Å². The Morgan fingerprint density at radius 1 is 1.04 bits per heavy atom. The van der Waals surface area contributed by atoms with Crippen molar-refractivity contribution in [2.24, 2.45) is 0 Å². The van der Waals surface area contributed by atoms with Crippen molar-refractivity contribution in [1.82, 2.24) is 34.3 Å². The summed E-state index contributed by atoms with van der Waals surface area (Å²) in [5, 5.41) is 3.92. The van der Waals surface area contributed by atoms with E-state index in [9.17, 15) is 9.59 Å². The van der Waals surface area contributed by atoms with Crippen LogP contribution in [-0.4, -0.2) is 80.0 Å². The Morgan fingerprint density at radius 2 is 1.87 bits per heavy atom.